The molecule has 0 aliphatic carbocycles. The van der Waals surface area contributed by atoms with Gasteiger partial charge in [0.15, 0.2) is 0 Å². The predicted molar refractivity (Wildman–Crippen MR) is 104 cm³/mol. The molecule has 2 N–H and O–H groups in total. The average Bonchev–Trinajstić information content (AvgIpc) is 3.21. The lowest BCUT2D eigenvalue weighted by molar-refractivity contribution is -0.122. The second kappa shape index (κ2) is 9.31. The summed E-state index contributed by atoms with van der Waals surface area (Å²) >= 11 is 0. The lowest BCUT2D eigenvalue weighted by Gasteiger charge is -2.18. The maximum absolute atomic E-state index is 12.4. The Bertz CT molecular complexity index is 731. The summed E-state index contributed by atoms with van der Waals surface area (Å²) in [7, 11) is 1.74. The Morgan fingerprint density at radius 2 is 1.88 bits per heavy atom. The van der Waals surface area contributed by atoms with Gasteiger partial charge in [0.05, 0.1) is 6.04 Å². The summed E-state index contributed by atoms with van der Waals surface area (Å²) in [4.78, 5) is 30.0. The topological polar surface area (TPSA) is 74.3 Å². The number of carbonyl (C=O) groups excluding carboxylic acids is 2. The van der Waals surface area contributed by atoms with Gasteiger partial charge < -0.3 is 15.5 Å². The molecule has 0 saturated carbocycles. The quantitative estimate of drug-likeness (QED) is 0.841. The van der Waals surface area contributed by atoms with Gasteiger partial charge in [0.25, 0.3) is 5.91 Å². The van der Waals surface area contributed by atoms with Crippen molar-refractivity contribution in [2.75, 3.05) is 18.5 Å². The maximum atomic E-state index is 12.4. The molecule has 26 heavy (non-hydrogen) atoms. The highest BCUT2D eigenvalue weighted by molar-refractivity contribution is 6.05. The van der Waals surface area contributed by atoms with E-state index in [1.54, 1.807) is 36.5 Å². The van der Waals surface area contributed by atoms with Crippen molar-refractivity contribution < 1.29 is 9.59 Å². The van der Waals surface area contributed by atoms with Crippen molar-refractivity contribution in [3.8, 4) is 0 Å². The number of hydrogen-bond donors (Lipinski definition) is 2. The van der Waals surface area contributed by atoms with Gasteiger partial charge >= 0.3 is 0 Å². The maximum Gasteiger partial charge on any atom is 0.258 e. The van der Waals surface area contributed by atoms with Gasteiger partial charge in [-0.25, -0.2) is 0 Å². The van der Waals surface area contributed by atoms with E-state index in [0.717, 1.165) is 30.6 Å². The molecule has 138 valence electrons. The molecule has 1 aliphatic rings. The third-order valence-corrected chi connectivity index (χ3v) is 4.40. The van der Waals surface area contributed by atoms with E-state index in [4.69, 9.17) is 0 Å². The molecule has 6 nitrogen and oxygen atoms in total. The van der Waals surface area contributed by atoms with Crippen LogP contribution in [0.2, 0.25) is 0 Å². The van der Waals surface area contributed by atoms with Crippen LogP contribution in [-0.2, 0) is 11.3 Å². The number of hydrogen-bond acceptors (Lipinski definition) is 4. The van der Waals surface area contributed by atoms with E-state index in [2.05, 4.69) is 15.6 Å². The summed E-state index contributed by atoms with van der Waals surface area (Å²) < 4.78 is 0. The number of carbonyl (C=O) groups is 2. The van der Waals surface area contributed by atoms with E-state index in [1.165, 1.54) is 0 Å². The Balaban J connectivity index is 0.00000243. The van der Waals surface area contributed by atoms with Gasteiger partial charge in [0.2, 0.25) is 5.91 Å². The number of rotatable bonds is 5. The van der Waals surface area contributed by atoms with Crippen LogP contribution in [0.1, 0.15) is 28.8 Å². The average molecular weight is 375 g/mol. The molecule has 2 amide bonds. The van der Waals surface area contributed by atoms with Crippen LogP contribution in [0.4, 0.5) is 5.69 Å². The van der Waals surface area contributed by atoms with Gasteiger partial charge in [0, 0.05) is 37.2 Å². The van der Waals surface area contributed by atoms with E-state index >= 15 is 0 Å². The van der Waals surface area contributed by atoms with Crippen LogP contribution in [0.15, 0.2) is 48.8 Å². The zero-order chi connectivity index (χ0) is 17.6. The van der Waals surface area contributed by atoms with Crippen LogP contribution in [0.5, 0.6) is 0 Å². The lowest BCUT2D eigenvalue weighted by atomic mass is 10.1. The summed E-state index contributed by atoms with van der Waals surface area (Å²) in [6.07, 6.45) is 5.15. The van der Waals surface area contributed by atoms with Crippen LogP contribution in [-0.4, -0.2) is 36.4 Å². The highest BCUT2D eigenvalue weighted by Crippen LogP contribution is 2.16. The van der Waals surface area contributed by atoms with E-state index in [-0.39, 0.29) is 30.3 Å². The first-order chi connectivity index (χ1) is 12.1. The first-order valence-electron chi connectivity index (χ1n) is 8.43. The molecule has 3 rings (SSSR count). The molecule has 1 atom stereocenters. The molecule has 1 aromatic heterocycles. The van der Waals surface area contributed by atoms with E-state index in [0.29, 0.717) is 12.1 Å². The molecule has 0 spiro atoms. The molecule has 0 radical (unpaired) electrons. The minimum atomic E-state index is -0.0873. The summed E-state index contributed by atoms with van der Waals surface area (Å²) in [5, 5.41) is 6.13. The predicted octanol–water partition coefficient (Wildman–Crippen LogP) is 2.15. The Labute approximate surface area is 159 Å². The fourth-order valence-corrected chi connectivity index (χ4v) is 2.86. The highest BCUT2D eigenvalue weighted by Gasteiger charge is 2.21. The van der Waals surface area contributed by atoms with E-state index in [1.807, 2.05) is 24.3 Å². The number of amides is 2. The summed E-state index contributed by atoms with van der Waals surface area (Å²) in [6.45, 7) is 1.39. The first kappa shape index (κ1) is 19.9. The summed E-state index contributed by atoms with van der Waals surface area (Å²) in [5.41, 5.74) is 2.40. The highest BCUT2D eigenvalue weighted by atomic mass is 35.5. The Morgan fingerprint density at radius 1 is 1.19 bits per heavy atom. The Kier molecular flexibility index (Phi) is 7.12. The van der Waals surface area contributed by atoms with Gasteiger partial charge in [-0.3, -0.25) is 14.6 Å². The van der Waals surface area contributed by atoms with Crippen LogP contribution in [0.25, 0.3) is 0 Å². The number of pyridine rings is 1. The minimum absolute atomic E-state index is 0. The number of nitrogens with one attached hydrogen (secondary N) is 2. The summed E-state index contributed by atoms with van der Waals surface area (Å²) in [6, 6.07) is 10.9. The number of anilines is 1. The summed E-state index contributed by atoms with van der Waals surface area (Å²) in [5.74, 6) is -0.0395. The van der Waals surface area contributed by atoms with Crippen LogP contribution in [0, 0.1) is 0 Å². The van der Waals surface area contributed by atoms with Crippen molar-refractivity contribution in [3.63, 3.8) is 0 Å². The van der Waals surface area contributed by atoms with Gasteiger partial charge in [-0.1, -0.05) is 12.1 Å². The van der Waals surface area contributed by atoms with Crippen LogP contribution in [0.3, 0.4) is 0 Å². The monoisotopic (exact) mass is 374 g/mol. The van der Waals surface area contributed by atoms with E-state index in [9.17, 15) is 9.59 Å². The molecule has 1 aromatic carbocycles. The molecule has 2 aromatic rings. The Morgan fingerprint density at radius 3 is 2.50 bits per heavy atom. The zero-order valence-corrected chi connectivity index (χ0v) is 15.5. The van der Waals surface area contributed by atoms with Gasteiger partial charge in [-0.05, 0) is 49.2 Å². The first-order valence-corrected chi connectivity index (χ1v) is 8.43. The SMILES string of the molecule is CN(C(=O)c1ccncc1)c1ccc(CNC(=O)C2CCCN2)cc1.Cl. The van der Waals surface area contributed by atoms with Crippen LogP contribution >= 0.6 is 12.4 Å². The fourth-order valence-electron chi connectivity index (χ4n) is 2.86. The molecular formula is C19H23ClN4O2. The van der Waals surface area contributed by atoms with Crippen molar-refractivity contribution >= 4 is 29.9 Å². The third kappa shape index (κ3) is 4.80. The molecule has 1 unspecified atom stereocenters. The smallest absolute Gasteiger partial charge is 0.258 e. The largest absolute Gasteiger partial charge is 0.351 e. The molecule has 1 aliphatic heterocycles. The number of halogens is 1. The van der Waals surface area contributed by atoms with Crippen molar-refractivity contribution in [2.24, 2.45) is 0 Å². The number of benzene rings is 1. The van der Waals surface area contributed by atoms with Crippen LogP contribution < -0.4 is 15.5 Å². The molecule has 7 heteroatoms. The molecule has 2 heterocycles. The minimum Gasteiger partial charge on any atom is -0.351 e. The van der Waals surface area contributed by atoms with Crippen molar-refractivity contribution in [1.29, 1.82) is 0 Å². The molecule has 1 fully saturated rings. The molecule has 1 saturated heterocycles. The van der Waals surface area contributed by atoms with Gasteiger partial charge in [0.1, 0.15) is 0 Å². The van der Waals surface area contributed by atoms with E-state index < -0.39 is 0 Å². The van der Waals surface area contributed by atoms with Crippen molar-refractivity contribution in [2.45, 2.75) is 25.4 Å². The third-order valence-electron chi connectivity index (χ3n) is 4.40. The normalized spacial score (nSPS) is 15.8. The Hall–Kier alpha value is -2.44. The molecular weight excluding hydrogens is 352 g/mol. The van der Waals surface area contributed by atoms with Crippen molar-refractivity contribution in [3.05, 3.63) is 59.9 Å². The second-order valence-corrected chi connectivity index (χ2v) is 6.13. The second-order valence-electron chi connectivity index (χ2n) is 6.13. The fraction of sp³-hybridized carbons (Fsp3) is 0.316. The van der Waals surface area contributed by atoms with Gasteiger partial charge in [-0.15, -0.1) is 12.4 Å². The zero-order valence-electron chi connectivity index (χ0n) is 14.6. The standard InChI is InChI=1S/C19H22N4O2.ClH/c1-23(19(25)15-8-11-20-12-9-15)16-6-4-14(5-7-16)13-22-18(24)17-3-2-10-21-17;/h4-9,11-12,17,21H,2-3,10,13H2,1H3,(H,22,24);1H. The number of nitrogens with zero attached hydrogens (tertiary/aromatic N) is 2. The number of aromatic nitrogens is 1. The molecule has 0 bridgehead atoms. The van der Waals surface area contributed by atoms with Crippen molar-refractivity contribution in [1.82, 2.24) is 15.6 Å². The lowest BCUT2D eigenvalue weighted by Crippen LogP contribution is -2.40. The van der Waals surface area contributed by atoms with Gasteiger partial charge in [-0.2, -0.15) is 0 Å².